The van der Waals surface area contributed by atoms with Crippen molar-refractivity contribution in [2.24, 2.45) is 5.73 Å². The van der Waals surface area contributed by atoms with Crippen LogP contribution in [0, 0.1) is 6.33 Å². The fourth-order valence-electron chi connectivity index (χ4n) is 0.237. The third-order valence-corrected chi connectivity index (χ3v) is 0.526. The number of hydrogen-bond acceptors (Lipinski definition) is 4. The topological polar surface area (TPSA) is 69.6 Å². The van der Waals surface area contributed by atoms with Gasteiger partial charge in [-0.3, -0.25) is 0 Å². The Kier molecular flexibility index (Phi) is 0.991. The Hall–Kier alpha value is -0.970. The van der Waals surface area contributed by atoms with Gasteiger partial charge in [0.2, 0.25) is 6.33 Å². The third-order valence-electron chi connectivity index (χ3n) is 0.526. The van der Waals surface area contributed by atoms with Gasteiger partial charge in [-0.05, 0) is 10.4 Å². The number of tetrazole rings is 1. The summed E-state index contributed by atoms with van der Waals surface area (Å²) in [6.45, 7) is 0.285. The third kappa shape index (κ3) is 0.716. The van der Waals surface area contributed by atoms with E-state index in [9.17, 15) is 0 Å². The zero-order chi connectivity index (χ0) is 5.11. The number of rotatable bonds is 1. The molecule has 0 aliphatic carbocycles. The van der Waals surface area contributed by atoms with Crippen molar-refractivity contribution in [3.8, 4) is 0 Å². The van der Waals surface area contributed by atoms with Gasteiger partial charge in [-0.2, -0.15) is 0 Å². The van der Waals surface area contributed by atoms with E-state index in [0.717, 1.165) is 0 Å². The quantitative estimate of drug-likeness (QED) is 0.458. The minimum Gasteiger partial charge on any atom is -0.312 e. The lowest BCUT2D eigenvalue weighted by atomic mass is 11.1. The van der Waals surface area contributed by atoms with Crippen LogP contribution in [0.2, 0.25) is 0 Å². The van der Waals surface area contributed by atoms with Crippen molar-refractivity contribution < 1.29 is 0 Å². The maximum atomic E-state index is 5.08. The van der Waals surface area contributed by atoms with Crippen molar-refractivity contribution in [1.29, 1.82) is 0 Å². The Morgan fingerprint density at radius 3 is 2.86 bits per heavy atom. The van der Waals surface area contributed by atoms with Gasteiger partial charge in [0.1, 0.15) is 0 Å². The maximum Gasteiger partial charge on any atom is 0.222 e. The van der Waals surface area contributed by atoms with E-state index >= 15 is 0 Å². The zero-order valence-corrected chi connectivity index (χ0v) is 3.57. The Balaban J connectivity index is 2.76. The molecule has 1 radical (unpaired) electrons. The van der Waals surface area contributed by atoms with Crippen LogP contribution >= 0.6 is 0 Å². The molecule has 0 bridgehead atoms. The molecule has 0 saturated heterocycles. The molecule has 0 spiro atoms. The van der Waals surface area contributed by atoms with Gasteiger partial charge < -0.3 is 5.73 Å². The average Bonchev–Trinajstić information content (AvgIpc) is 2.14. The summed E-state index contributed by atoms with van der Waals surface area (Å²) in [6.07, 6.45) is 2.41. The van der Waals surface area contributed by atoms with Crippen molar-refractivity contribution in [3.05, 3.63) is 6.33 Å². The van der Waals surface area contributed by atoms with E-state index in [2.05, 4.69) is 21.9 Å². The van der Waals surface area contributed by atoms with Gasteiger partial charge in [-0.15, -0.1) is 5.10 Å². The first-order valence-corrected chi connectivity index (χ1v) is 1.77. The van der Waals surface area contributed by atoms with Gasteiger partial charge in [-0.1, -0.05) is 0 Å². The second-order valence-corrected chi connectivity index (χ2v) is 0.961. The van der Waals surface area contributed by atoms with Crippen LogP contribution in [0.4, 0.5) is 0 Å². The highest BCUT2D eigenvalue weighted by molar-refractivity contribution is 4.35. The molecule has 37 valence electrons. The van der Waals surface area contributed by atoms with Gasteiger partial charge >= 0.3 is 0 Å². The summed E-state index contributed by atoms with van der Waals surface area (Å²) in [6, 6.07) is 0. The second kappa shape index (κ2) is 1.65. The minimum atomic E-state index is 0.285. The predicted molar refractivity (Wildman–Crippen MR) is 20.8 cm³/mol. The molecule has 0 atom stereocenters. The lowest BCUT2D eigenvalue weighted by Gasteiger charge is -1.82. The average molecular weight is 98.1 g/mol. The SMILES string of the molecule is NCn1[c]nnn1. The molecule has 0 unspecified atom stereocenters. The monoisotopic (exact) mass is 98.0 g/mol. The van der Waals surface area contributed by atoms with Gasteiger partial charge in [0.15, 0.2) is 0 Å². The van der Waals surface area contributed by atoms with Crippen molar-refractivity contribution in [2.45, 2.75) is 6.67 Å². The van der Waals surface area contributed by atoms with Crippen molar-refractivity contribution in [3.63, 3.8) is 0 Å². The zero-order valence-electron chi connectivity index (χ0n) is 3.57. The molecule has 2 N–H and O–H groups in total. The van der Waals surface area contributed by atoms with Crippen molar-refractivity contribution in [2.75, 3.05) is 0 Å². The van der Waals surface area contributed by atoms with E-state index in [1.807, 2.05) is 0 Å². The fourth-order valence-corrected chi connectivity index (χ4v) is 0.237. The first-order valence-electron chi connectivity index (χ1n) is 1.77. The summed E-state index contributed by atoms with van der Waals surface area (Å²) < 4.78 is 1.31. The van der Waals surface area contributed by atoms with Crippen LogP contribution < -0.4 is 5.73 Å². The van der Waals surface area contributed by atoms with E-state index in [1.54, 1.807) is 0 Å². The normalized spacial score (nSPS) is 9.29. The first kappa shape index (κ1) is 4.20. The van der Waals surface area contributed by atoms with Crippen LogP contribution in [0.3, 0.4) is 0 Å². The number of hydrogen-bond donors (Lipinski definition) is 1. The van der Waals surface area contributed by atoms with Crippen molar-refractivity contribution >= 4 is 0 Å². The molecule has 0 fully saturated rings. The lowest BCUT2D eigenvalue weighted by Crippen LogP contribution is -2.07. The van der Waals surface area contributed by atoms with Crippen LogP contribution in [0.25, 0.3) is 0 Å². The van der Waals surface area contributed by atoms with Crippen molar-refractivity contribution in [1.82, 2.24) is 20.2 Å². The van der Waals surface area contributed by atoms with E-state index in [1.165, 1.54) is 4.68 Å². The molecular weight excluding hydrogens is 94.1 g/mol. The Labute approximate surface area is 40.1 Å². The number of nitrogens with two attached hydrogens (primary N) is 1. The van der Waals surface area contributed by atoms with Gasteiger partial charge in [0.05, 0.1) is 6.67 Å². The predicted octanol–water partition coefficient (Wildman–Crippen LogP) is -1.61. The lowest BCUT2D eigenvalue weighted by molar-refractivity contribution is 0.604. The van der Waals surface area contributed by atoms with Crippen LogP contribution in [-0.2, 0) is 6.67 Å². The van der Waals surface area contributed by atoms with E-state index in [0.29, 0.717) is 0 Å². The summed E-state index contributed by atoms with van der Waals surface area (Å²) in [5, 5.41) is 9.92. The standard InChI is InChI=1S/C2H4N5/c3-1-7-2-4-5-6-7/h1,3H2. The molecule has 5 nitrogen and oxygen atoms in total. The molecule has 0 aliphatic rings. The molecule has 0 aliphatic heterocycles. The summed E-state index contributed by atoms with van der Waals surface area (Å²) >= 11 is 0. The Bertz CT molecular complexity index is 121. The van der Waals surface area contributed by atoms with Gasteiger partial charge in [0.25, 0.3) is 0 Å². The van der Waals surface area contributed by atoms with Gasteiger partial charge in [-0.25, -0.2) is 4.68 Å². The Morgan fingerprint density at radius 2 is 2.57 bits per heavy atom. The molecular formula is C2H4N5. The molecule has 1 aromatic rings. The largest absolute Gasteiger partial charge is 0.312 e. The fraction of sp³-hybridized carbons (Fsp3) is 0.500. The summed E-state index contributed by atoms with van der Waals surface area (Å²) in [5.41, 5.74) is 5.08. The van der Waals surface area contributed by atoms with Crippen LogP contribution in [0.15, 0.2) is 0 Å². The molecule has 0 amide bonds. The minimum absolute atomic E-state index is 0.285. The maximum absolute atomic E-state index is 5.08. The van der Waals surface area contributed by atoms with Crippen LogP contribution in [-0.4, -0.2) is 20.2 Å². The highest BCUT2D eigenvalue weighted by Gasteiger charge is 1.82. The highest BCUT2D eigenvalue weighted by atomic mass is 15.5. The number of nitrogens with zero attached hydrogens (tertiary/aromatic N) is 4. The molecule has 0 saturated carbocycles. The highest BCUT2D eigenvalue weighted by Crippen LogP contribution is 1.63. The van der Waals surface area contributed by atoms with E-state index in [-0.39, 0.29) is 6.67 Å². The summed E-state index contributed by atoms with van der Waals surface area (Å²) in [7, 11) is 0. The van der Waals surface area contributed by atoms with E-state index in [4.69, 9.17) is 5.73 Å². The summed E-state index contributed by atoms with van der Waals surface area (Å²) in [4.78, 5) is 0. The molecule has 1 heterocycles. The number of aromatic nitrogens is 4. The smallest absolute Gasteiger partial charge is 0.222 e. The molecule has 5 heteroatoms. The molecule has 0 aromatic carbocycles. The summed E-state index contributed by atoms with van der Waals surface area (Å²) in [5.74, 6) is 0. The van der Waals surface area contributed by atoms with E-state index < -0.39 is 0 Å². The Morgan fingerprint density at radius 1 is 1.71 bits per heavy atom. The molecule has 1 rings (SSSR count). The second-order valence-electron chi connectivity index (χ2n) is 0.961. The molecule has 1 aromatic heterocycles. The van der Waals surface area contributed by atoms with Crippen LogP contribution in [0.5, 0.6) is 0 Å². The van der Waals surface area contributed by atoms with Gasteiger partial charge in [0, 0.05) is 0 Å². The first-order chi connectivity index (χ1) is 3.43. The van der Waals surface area contributed by atoms with Crippen LogP contribution in [0.1, 0.15) is 0 Å². The molecule has 7 heavy (non-hydrogen) atoms.